The molecule has 1 aliphatic carbocycles. The molecule has 0 aliphatic heterocycles. The van der Waals surface area contributed by atoms with Gasteiger partial charge in [0.05, 0.1) is 17.2 Å². The number of aromatic nitrogens is 1. The van der Waals surface area contributed by atoms with Crippen molar-refractivity contribution in [3.8, 4) is 28.5 Å². The number of benzene rings is 3. The molecule has 0 amide bonds. The number of aryl methyl sites for hydroxylation is 2. The van der Waals surface area contributed by atoms with Crippen LogP contribution in [0.2, 0.25) is 0 Å². The molecule has 0 bridgehead atoms. The summed E-state index contributed by atoms with van der Waals surface area (Å²) in [6, 6.07) is 21.2. The predicted octanol–water partition coefficient (Wildman–Crippen LogP) is 7.05. The average Bonchev–Trinajstić information content (AvgIpc) is 3.30. The quantitative estimate of drug-likeness (QED) is 0.272. The molecule has 0 unspecified atom stereocenters. The lowest BCUT2D eigenvalue weighted by Gasteiger charge is -2.16. The molecular weight excluding hydrogens is 416 g/mol. The molecule has 5 aromatic rings. The van der Waals surface area contributed by atoms with Gasteiger partial charge in [0.25, 0.3) is 0 Å². The lowest BCUT2D eigenvalue weighted by atomic mass is 9.88. The van der Waals surface area contributed by atoms with Gasteiger partial charge in [0, 0.05) is 34.0 Å². The standard InChI is InChI=1S/C31H27N2O/c1-19-11-13-23-24-14-12-21(18-32)28(22-9-7-8-20-16-31(2,3)17-25(20)22)30(24)34-29(23)27(19)26-10-5-6-15-33(26)4/h5-15H,16-17H2,1-4H3/q+1/i16D2,17D2. The van der Waals surface area contributed by atoms with Crippen molar-refractivity contribution in [1.82, 2.24) is 0 Å². The molecule has 0 saturated carbocycles. The number of hydrogen-bond acceptors (Lipinski definition) is 2. The molecule has 2 heterocycles. The molecule has 34 heavy (non-hydrogen) atoms. The first-order chi connectivity index (χ1) is 17.9. The van der Waals surface area contributed by atoms with Crippen LogP contribution in [-0.2, 0) is 19.8 Å². The molecule has 0 saturated heterocycles. The Labute approximate surface area is 205 Å². The number of nitrogens with zero attached hydrogens (tertiary/aromatic N) is 2. The Kier molecular flexibility index (Phi) is 3.58. The summed E-state index contributed by atoms with van der Waals surface area (Å²) in [5.74, 6) is 0. The van der Waals surface area contributed by atoms with Crippen molar-refractivity contribution in [2.45, 2.75) is 33.5 Å². The number of fused-ring (bicyclic) bond motifs is 4. The molecule has 3 nitrogen and oxygen atoms in total. The minimum Gasteiger partial charge on any atom is -0.454 e. The van der Waals surface area contributed by atoms with E-state index < -0.39 is 18.2 Å². The third kappa shape index (κ3) is 2.99. The zero-order valence-electron chi connectivity index (χ0n) is 23.7. The van der Waals surface area contributed by atoms with Gasteiger partial charge >= 0.3 is 0 Å². The summed E-state index contributed by atoms with van der Waals surface area (Å²) < 4.78 is 44.5. The van der Waals surface area contributed by atoms with Crippen molar-refractivity contribution in [3.05, 3.63) is 89.1 Å². The molecule has 6 rings (SSSR count). The van der Waals surface area contributed by atoms with Crippen molar-refractivity contribution in [1.29, 1.82) is 5.26 Å². The van der Waals surface area contributed by atoms with Crippen molar-refractivity contribution in [2.75, 3.05) is 0 Å². The van der Waals surface area contributed by atoms with Gasteiger partial charge in [-0.1, -0.05) is 44.2 Å². The van der Waals surface area contributed by atoms with Crippen LogP contribution in [0.5, 0.6) is 0 Å². The zero-order valence-corrected chi connectivity index (χ0v) is 19.7. The van der Waals surface area contributed by atoms with Gasteiger partial charge in [-0.05, 0) is 65.5 Å². The predicted molar refractivity (Wildman–Crippen MR) is 136 cm³/mol. The topological polar surface area (TPSA) is 40.8 Å². The van der Waals surface area contributed by atoms with Crippen LogP contribution in [-0.4, -0.2) is 0 Å². The van der Waals surface area contributed by atoms with Crippen molar-refractivity contribution < 1.29 is 14.5 Å². The Morgan fingerprint density at radius 1 is 0.941 bits per heavy atom. The van der Waals surface area contributed by atoms with Crippen LogP contribution in [0, 0.1) is 23.7 Å². The molecule has 0 atom stereocenters. The molecular formula is C31H27N2O+. The van der Waals surface area contributed by atoms with Crippen LogP contribution in [0.4, 0.5) is 0 Å². The summed E-state index contributed by atoms with van der Waals surface area (Å²) in [6.45, 7) is 5.29. The fraction of sp³-hybridized carbons (Fsp3) is 0.226. The fourth-order valence-electron chi connectivity index (χ4n) is 5.14. The van der Waals surface area contributed by atoms with E-state index in [2.05, 4.69) is 12.1 Å². The summed E-state index contributed by atoms with van der Waals surface area (Å²) >= 11 is 0. The Hall–Kier alpha value is -3.90. The van der Waals surface area contributed by atoms with E-state index in [4.69, 9.17) is 9.90 Å². The van der Waals surface area contributed by atoms with E-state index in [1.165, 1.54) is 0 Å². The summed E-state index contributed by atoms with van der Waals surface area (Å²) in [6.07, 6.45) is -1.90. The molecule has 2 aromatic heterocycles. The normalized spacial score (nSPS) is 19.1. The zero-order chi connectivity index (χ0) is 27.2. The maximum atomic E-state index is 10.1. The third-order valence-electron chi connectivity index (χ3n) is 6.67. The number of nitriles is 1. The van der Waals surface area contributed by atoms with Gasteiger partial charge in [-0.25, -0.2) is 4.57 Å². The van der Waals surface area contributed by atoms with Gasteiger partial charge in [-0.3, -0.25) is 0 Å². The number of furan rings is 1. The minimum absolute atomic E-state index is 0.283. The number of rotatable bonds is 2. The molecule has 0 N–H and O–H groups in total. The summed E-state index contributed by atoms with van der Waals surface area (Å²) in [5.41, 5.74) is 4.81. The van der Waals surface area contributed by atoms with Crippen molar-refractivity contribution in [2.24, 2.45) is 12.5 Å². The highest BCUT2D eigenvalue weighted by Gasteiger charge is 2.32. The van der Waals surface area contributed by atoms with E-state index in [0.29, 0.717) is 33.4 Å². The lowest BCUT2D eigenvalue weighted by Crippen LogP contribution is -2.30. The van der Waals surface area contributed by atoms with Crippen LogP contribution in [0.1, 0.15) is 41.6 Å². The highest BCUT2D eigenvalue weighted by molar-refractivity contribution is 6.14. The van der Waals surface area contributed by atoms with Gasteiger partial charge < -0.3 is 4.42 Å². The Morgan fingerprint density at radius 3 is 2.47 bits per heavy atom. The SMILES string of the molecule is [2H]C1([2H])c2cccc(-c3c(C#N)ccc4c3oc3c(-c5cccc[n+]5C)c(C)ccc34)c2C([2H])([2H])C1(C)C. The molecule has 3 heteroatoms. The molecule has 166 valence electrons. The molecule has 0 fully saturated rings. The highest BCUT2D eigenvalue weighted by atomic mass is 16.3. The second-order valence-corrected chi connectivity index (χ2v) is 9.51. The minimum atomic E-state index is -1.98. The first kappa shape index (κ1) is 16.7. The first-order valence-electron chi connectivity index (χ1n) is 13.4. The summed E-state index contributed by atoms with van der Waals surface area (Å²) in [5, 5.41) is 11.9. The van der Waals surface area contributed by atoms with E-state index in [0.717, 1.165) is 27.6 Å². The van der Waals surface area contributed by atoms with Gasteiger partial charge in [0.1, 0.15) is 18.2 Å². The highest BCUT2D eigenvalue weighted by Crippen LogP contribution is 2.46. The van der Waals surface area contributed by atoms with Crippen molar-refractivity contribution >= 4 is 21.9 Å². The lowest BCUT2D eigenvalue weighted by molar-refractivity contribution is -0.660. The fourth-order valence-corrected chi connectivity index (χ4v) is 5.14. The Balaban J connectivity index is 1.76. The van der Waals surface area contributed by atoms with Crippen LogP contribution in [0.25, 0.3) is 44.3 Å². The third-order valence-corrected chi connectivity index (χ3v) is 6.67. The number of pyridine rings is 1. The molecule has 0 spiro atoms. The molecule has 1 aliphatic rings. The van der Waals surface area contributed by atoms with Crippen LogP contribution in [0.15, 0.2) is 71.3 Å². The Bertz CT molecular complexity index is 1840. The van der Waals surface area contributed by atoms with E-state index in [1.807, 2.05) is 55.1 Å². The van der Waals surface area contributed by atoms with Gasteiger partial charge in [0.15, 0.2) is 6.20 Å². The van der Waals surface area contributed by atoms with Gasteiger partial charge in [-0.15, -0.1) is 0 Å². The van der Waals surface area contributed by atoms with E-state index in [1.54, 1.807) is 38.1 Å². The summed E-state index contributed by atoms with van der Waals surface area (Å²) in [7, 11) is 1.99. The van der Waals surface area contributed by atoms with Crippen molar-refractivity contribution in [3.63, 3.8) is 0 Å². The van der Waals surface area contributed by atoms with E-state index in [9.17, 15) is 5.26 Å². The Morgan fingerprint density at radius 2 is 1.71 bits per heavy atom. The van der Waals surface area contributed by atoms with Crippen LogP contribution in [0.3, 0.4) is 0 Å². The second kappa shape index (κ2) is 7.30. The monoisotopic (exact) mass is 447 g/mol. The van der Waals surface area contributed by atoms with E-state index >= 15 is 0 Å². The van der Waals surface area contributed by atoms with Gasteiger partial charge in [0.2, 0.25) is 5.69 Å². The van der Waals surface area contributed by atoms with E-state index in [-0.39, 0.29) is 5.56 Å². The average molecular weight is 448 g/mol. The summed E-state index contributed by atoms with van der Waals surface area (Å²) in [4.78, 5) is 0. The number of hydrogen-bond donors (Lipinski definition) is 0. The molecule has 0 radical (unpaired) electrons. The maximum absolute atomic E-state index is 10.1. The smallest absolute Gasteiger partial charge is 0.216 e. The van der Waals surface area contributed by atoms with Crippen LogP contribution < -0.4 is 4.57 Å². The molecule has 3 aromatic carbocycles. The largest absolute Gasteiger partial charge is 0.454 e. The first-order valence-corrected chi connectivity index (χ1v) is 11.4. The van der Waals surface area contributed by atoms with Crippen LogP contribution >= 0.6 is 0 Å². The van der Waals surface area contributed by atoms with Gasteiger partial charge in [-0.2, -0.15) is 5.26 Å². The second-order valence-electron chi connectivity index (χ2n) is 9.51. The maximum Gasteiger partial charge on any atom is 0.216 e.